The fourth-order valence-electron chi connectivity index (χ4n) is 2.02. The van der Waals surface area contributed by atoms with Crippen LogP contribution < -0.4 is 0 Å². The molecular formula is C16H16OS. The molecule has 1 unspecified atom stereocenters. The number of ketones is 1. The number of rotatable bonds is 1. The van der Waals surface area contributed by atoms with E-state index in [1.54, 1.807) is 0 Å². The summed E-state index contributed by atoms with van der Waals surface area (Å²) in [7, 11) is 0. The van der Waals surface area contributed by atoms with Gasteiger partial charge in [-0.1, -0.05) is 30.2 Å². The predicted molar refractivity (Wildman–Crippen MR) is 76.2 cm³/mol. The van der Waals surface area contributed by atoms with Crippen molar-refractivity contribution in [3.8, 4) is 11.2 Å². The largest absolute Gasteiger partial charge is 0.293 e. The van der Waals surface area contributed by atoms with Gasteiger partial charge in [0.25, 0.3) is 0 Å². The summed E-state index contributed by atoms with van der Waals surface area (Å²) in [5.41, 5.74) is 0.350. The minimum atomic E-state index is -0.499. The van der Waals surface area contributed by atoms with E-state index in [0.717, 1.165) is 23.3 Å². The van der Waals surface area contributed by atoms with Crippen LogP contribution in [0.25, 0.3) is 0 Å². The number of carbonyl (C=O) groups is 1. The summed E-state index contributed by atoms with van der Waals surface area (Å²) in [5.74, 6) is 3.33. The van der Waals surface area contributed by atoms with E-state index in [9.17, 15) is 4.79 Å². The molecule has 1 aromatic rings. The molecule has 0 N–H and O–H groups in total. The van der Waals surface area contributed by atoms with Gasteiger partial charge in [-0.05, 0) is 61.4 Å². The van der Waals surface area contributed by atoms with Crippen molar-refractivity contribution >= 4 is 17.5 Å². The van der Waals surface area contributed by atoms with E-state index in [1.165, 1.54) is 11.8 Å². The van der Waals surface area contributed by atoms with E-state index in [2.05, 4.69) is 11.2 Å². The molecule has 0 aromatic heterocycles. The first-order valence-electron chi connectivity index (χ1n) is 6.07. The van der Waals surface area contributed by atoms with Crippen molar-refractivity contribution < 1.29 is 4.79 Å². The van der Waals surface area contributed by atoms with E-state index in [4.69, 9.17) is 0 Å². The number of thioether (sulfide) groups is 1. The van der Waals surface area contributed by atoms with Gasteiger partial charge < -0.3 is 0 Å². The molecule has 0 saturated heterocycles. The normalized spacial score (nSPS) is 23.0. The van der Waals surface area contributed by atoms with Crippen molar-refractivity contribution in [2.45, 2.75) is 31.6 Å². The summed E-state index contributed by atoms with van der Waals surface area (Å²) >= 11 is 1.48. The van der Waals surface area contributed by atoms with Gasteiger partial charge in [-0.2, -0.15) is 0 Å². The van der Waals surface area contributed by atoms with Crippen LogP contribution >= 0.6 is 11.8 Å². The van der Waals surface area contributed by atoms with Crippen LogP contribution in [0.4, 0.5) is 0 Å². The lowest BCUT2D eigenvalue weighted by Crippen LogP contribution is -2.29. The van der Waals surface area contributed by atoms with Crippen molar-refractivity contribution in [1.29, 1.82) is 0 Å². The number of carbonyl (C=O) groups excluding carboxylic acids is 1. The standard InChI is InChI=1S/C16H16OS/c1-13-7-6-10-16(2,15(13)17)11-12-18-14-8-4-3-5-9-14/h3-5,7-9H,6,10H2,1-2H3. The Morgan fingerprint density at radius 1 is 1.28 bits per heavy atom. The topological polar surface area (TPSA) is 17.1 Å². The first-order valence-corrected chi connectivity index (χ1v) is 6.89. The molecule has 2 rings (SSSR count). The van der Waals surface area contributed by atoms with E-state index in [1.807, 2.05) is 50.3 Å². The Balaban J connectivity index is 2.10. The Morgan fingerprint density at radius 3 is 2.72 bits per heavy atom. The minimum Gasteiger partial charge on any atom is -0.293 e. The molecule has 0 amide bonds. The van der Waals surface area contributed by atoms with Gasteiger partial charge in [-0.15, -0.1) is 0 Å². The SMILES string of the molecule is CC1=CCCC(C)(C#CSc2ccccc2)C1=O. The third kappa shape index (κ3) is 2.86. The van der Waals surface area contributed by atoms with Crippen molar-refractivity contribution in [2.75, 3.05) is 0 Å². The summed E-state index contributed by atoms with van der Waals surface area (Å²) in [4.78, 5) is 13.2. The molecule has 1 aliphatic rings. The lowest BCUT2D eigenvalue weighted by Gasteiger charge is -2.25. The Morgan fingerprint density at radius 2 is 2.00 bits per heavy atom. The van der Waals surface area contributed by atoms with Crippen molar-refractivity contribution in [3.63, 3.8) is 0 Å². The summed E-state index contributed by atoms with van der Waals surface area (Å²) < 4.78 is 0. The van der Waals surface area contributed by atoms with Crippen molar-refractivity contribution in [1.82, 2.24) is 0 Å². The fraction of sp³-hybridized carbons (Fsp3) is 0.312. The average Bonchev–Trinajstić information content (AvgIpc) is 2.37. The average molecular weight is 256 g/mol. The van der Waals surface area contributed by atoms with Gasteiger partial charge in [0.2, 0.25) is 0 Å². The number of allylic oxidation sites excluding steroid dienone is 2. The van der Waals surface area contributed by atoms with Gasteiger partial charge in [-0.3, -0.25) is 4.79 Å². The second kappa shape index (κ2) is 5.46. The minimum absolute atomic E-state index is 0.176. The highest BCUT2D eigenvalue weighted by Gasteiger charge is 2.33. The zero-order valence-corrected chi connectivity index (χ0v) is 11.5. The van der Waals surface area contributed by atoms with Crippen LogP contribution in [-0.2, 0) is 4.79 Å². The third-order valence-corrected chi connectivity index (χ3v) is 3.91. The number of hydrogen-bond donors (Lipinski definition) is 0. The van der Waals surface area contributed by atoms with Gasteiger partial charge in [-0.25, -0.2) is 0 Å². The molecule has 1 aromatic carbocycles. The highest BCUT2D eigenvalue weighted by atomic mass is 32.2. The van der Waals surface area contributed by atoms with E-state index in [-0.39, 0.29) is 5.78 Å². The van der Waals surface area contributed by atoms with Gasteiger partial charge in [0, 0.05) is 4.90 Å². The molecule has 0 aliphatic heterocycles. The van der Waals surface area contributed by atoms with Gasteiger partial charge in [0.1, 0.15) is 0 Å². The smallest absolute Gasteiger partial charge is 0.176 e. The molecule has 92 valence electrons. The molecule has 18 heavy (non-hydrogen) atoms. The number of benzene rings is 1. The maximum Gasteiger partial charge on any atom is 0.176 e. The van der Waals surface area contributed by atoms with Gasteiger partial charge in [0.05, 0.1) is 5.41 Å². The molecule has 0 bridgehead atoms. The second-order valence-corrected chi connectivity index (χ2v) is 5.61. The van der Waals surface area contributed by atoms with E-state index >= 15 is 0 Å². The van der Waals surface area contributed by atoms with Crippen LogP contribution in [0.1, 0.15) is 26.7 Å². The molecule has 1 atom stereocenters. The van der Waals surface area contributed by atoms with Crippen molar-refractivity contribution in [2.24, 2.45) is 5.41 Å². The van der Waals surface area contributed by atoms with Crippen LogP contribution in [0.5, 0.6) is 0 Å². The van der Waals surface area contributed by atoms with Crippen LogP contribution in [0, 0.1) is 16.6 Å². The summed E-state index contributed by atoms with van der Waals surface area (Å²) in [5, 5.41) is 3.08. The molecule has 2 heteroatoms. The zero-order chi connectivity index (χ0) is 13.0. The molecule has 1 aliphatic carbocycles. The Labute approximate surface area is 113 Å². The molecule has 0 heterocycles. The van der Waals surface area contributed by atoms with Crippen LogP contribution in [0.2, 0.25) is 0 Å². The summed E-state index contributed by atoms with van der Waals surface area (Å²) in [6, 6.07) is 10.0. The molecule has 0 fully saturated rings. The zero-order valence-electron chi connectivity index (χ0n) is 10.7. The Kier molecular flexibility index (Phi) is 3.93. The Bertz CT molecular complexity index is 533. The highest BCUT2D eigenvalue weighted by Crippen LogP contribution is 2.32. The number of hydrogen-bond acceptors (Lipinski definition) is 2. The fourth-order valence-corrected chi connectivity index (χ4v) is 2.71. The van der Waals surface area contributed by atoms with Crippen LogP contribution in [0.15, 0.2) is 46.9 Å². The summed E-state index contributed by atoms with van der Waals surface area (Å²) in [6.07, 6.45) is 3.78. The van der Waals surface area contributed by atoms with Crippen LogP contribution in [-0.4, -0.2) is 5.78 Å². The molecule has 1 nitrogen and oxygen atoms in total. The quantitative estimate of drug-likeness (QED) is 0.557. The first kappa shape index (κ1) is 13.0. The van der Waals surface area contributed by atoms with E-state index in [0.29, 0.717) is 0 Å². The van der Waals surface area contributed by atoms with Gasteiger partial charge >= 0.3 is 0 Å². The molecular weight excluding hydrogens is 240 g/mol. The second-order valence-electron chi connectivity index (χ2n) is 4.73. The molecule has 0 saturated carbocycles. The highest BCUT2D eigenvalue weighted by molar-refractivity contribution is 8.03. The van der Waals surface area contributed by atoms with Crippen LogP contribution in [0.3, 0.4) is 0 Å². The van der Waals surface area contributed by atoms with Crippen molar-refractivity contribution in [3.05, 3.63) is 42.0 Å². The number of Topliss-reactive ketones (excluding diaryl/α,β-unsaturated/α-hetero) is 1. The first-order chi connectivity index (χ1) is 8.62. The monoisotopic (exact) mass is 256 g/mol. The maximum atomic E-state index is 12.1. The lowest BCUT2D eigenvalue weighted by atomic mass is 9.75. The predicted octanol–water partition coefficient (Wildman–Crippen LogP) is 4.06. The Hall–Kier alpha value is -1.46. The molecule has 0 radical (unpaired) electrons. The third-order valence-electron chi connectivity index (χ3n) is 3.19. The van der Waals surface area contributed by atoms with E-state index < -0.39 is 5.41 Å². The lowest BCUT2D eigenvalue weighted by molar-refractivity contribution is -0.122. The van der Waals surface area contributed by atoms with Gasteiger partial charge in [0.15, 0.2) is 5.78 Å². The molecule has 0 spiro atoms. The maximum absolute atomic E-state index is 12.1. The summed E-state index contributed by atoms with van der Waals surface area (Å²) in [6.45, 7) is 3.83.